The number of likely N-dealkylation sites (tertiary alicyclic amines) is 1. The van der Waals surface area contributed by atoms with Crippen LogP contribution in [0.5, 0.6) is 0 Å². The van der Waals surface area contributed by atoms with Crippen LogP contribution in [-0.2, 0) is 17.0 Å². The second-order valence-corrected chi connectivity index (χ2v) is 7.16. The molecular formula is C18H24ClFN2O. The van der Waals surface area contributed by atoms with Crippen molar-refractivity contribution in [1.82, 2.24) is 10.2 Å². The van der Waals surface area contributed by atoms with Crippen LogP contribution >= 0.6 is 11.6 Å². The van der Waals surface area contributed by atoms with Crippen LogP contribution in [0.1, 0.15) is 43.7 Å². The van der Waals surface area contributed by atoms with Crippen molar-refractivity contribution in [3.63, 3.8) is 0 Å². The van der Waals surface area contributed by atoms with Gasteiger partial charge in [0.2, 0.25) is 5.91 Å². The zero-order chi connectivity index (χ0) is 16.4. The van der Waals surface area contributed by atoms with Crippen molar-refractivity contribution in [3.05, 3.63) is 34.3 Å². The topological polar surface area (TPSA) is 32.3 Å². The maximum absolute atomic E-state index is 15.0. The molecule has 0 atom stereocenters. The Morgan fingerprint density at radius 1 is 1.39 bits per heavy atom. The molecule has 1 aromatic carbocycles. The Balaban J connectivity index is 1.65. The highest BCUT2D eigenvalue weighted by Gasteiger charge is 2.49. The first-order valence-corrected chi connectivity index (χ1v) is 8.87. The maximum atomic E-state index is 15.0. The highest BCUT2D eigenvalue weighted by atomic mass is 35.5. The summed E-state index contributed by atoms with van der Waals surface area (Å²) >= 11 is 6.37. The smallest absolute Gasteiger partial charge is 0.223 e. The van der Waals surface area contributed by atoms with Crippen molar-refractivity contribution in [2.75, 3.05) is 19.6 Å². The fourth-order valence-electron chi connectivity index (χ4n) is 3.60. The predicted molar refractivity (Wildman–Crippen MR) is 90.2 cm³/mol. The fourth-order valence-corrected chi connectivity index (χ4v) is 3.84. The molecule has 0 spiro atoms. The summed E-state index contributed by atoms with van der Waals surface area (Å²) in [5.41, 5.74) is 0.250. The van der Waals surface area contributed by atoms with E-state index in [4.69, 9.17) is 11.6 Å². The van der Waals surface area contributed by atoms with E-state index < -0.39 is 5.67 Å². The minimum atomic E-state index is -1.41. The summed E-state index contributed by atoms with van der Waals surface area (Å²) in [6.07, 6.45) is 2.98. The summed E-state index contributed by atoms with van der Waals surface area (Å²) in [6.45, 7) is 5.52. The lowest BCUT2D eigenvalue weighted by atomic mass is 9.68. The van der Waals surface area contributed by atoms with Gasteiger partial charge in [-0.2, -0.15) is 0 Å². The van der Waals surface area contributed by atoms with Crippen LogP contribution in [0.3, 0.4) is 0 Å². The molecule has 3 rings (SSSR count). The van der Waals surface area contributed by atoms with Gasteiger partial charge in [-0.3, -0.25) is 9.69 Å². The first-order valence-electron chi connectivity index (χ1n) is 8.50. The number of hydrogen-bond acceptors (Lipinski definition) is 2. The van der Waals surface area contributed by atoms with Crippen molar-refractivity contribution in [2.45, 2.75) is 44.8 Å². The number of carbonyl (C=O) groups excluding carboxylic acids is 1. The standard InChI is InChI=1S/C18H24ClFN2O/c1-2-21-17(23)14-10-18(20,11-14)15-6-5-13(16(19)9-15)12-22-7-3-4-8-22/h5-6,9,14H,2-4,7-8,10-12H2,1H3,(H,21,23). The van der Waals surface area contributed by atoms with Crippen LogP contribution in [0, 0.1) is 5.92 Å². The Morgan fingerprint density at radius 3 is 2.70 bits per heavy atom. The van der Waals surface area contributed by atoms with Gasteiger partial charge in [0, 0.05) is 24.0 Å². The molecule has 0 aromatic heterocycles. The van der Waals surface area contributed by atoms with Gasteiger partial charge >= 0.3 is 0 Å². The molecule has 1 aliphatic heterocycles. The van der Waals surface area contributed by atoms with Crippen molar-refractivity contribution in [3.8, 4) is 0 Å². The van der Waals surface area contributed by atoms with E-state index >= 15 is 0 Å². The number of nitrogens with zero attached hydrogens (tertiary/aromatic N) is 1. The van der Waals surface area contributed by atoms with E-state index in [0.717, 1.165) is 25.2 Å². The number of halogens is 2. The molecule has 2 aliphatic rings. The second kappa shape index (κ2) is 6.78. The van der Waals surface area contributed by atoms with E-state index in [1.54, 1.807) is 6.07 Å². The lowest BCUT2D eigenvalue weighted by Crippen LogP contribution is -2.45. The van der Waals surface area contributed by atoms with E-state index in [9.17, 15) is 9.18 Å². The normalized spacial score (nSPS) is 27.7. The SMILES string of the molecule is CCNC(=O)C1CC(F)(c2ccc(CN3CCCC3)c(Cl)c2)C1. The van der Waals surface area contributed by atoms with E-state index in [0.29, 0.717) is 17.1 Å². The van der Waals surface area contributed by atoms with E-state index in [1.165, 1.54) is 12.8 Å². The number of carbonyl (C=O) groups is 1. The van der Waals surface area contributed by atoms with Gasteiger partial charge in [-0.25, -0.2) is 4.39 Å². The first-order chi connectivity index (χ1) is 11.0. The molecule has 1 aromatic rings. The summed E-state index contributed by atoms with van der Waals surface area (Å²) in [6, 6.07) is 5.53. The predicted octanol–water partition coefficient (Wildman–Crippen LogP) is 3.65. The molecule has 3 nitrogen and oxygen atoms in total. The number of rotatable bonds is 5. The highest BCUT2D eigenvalue weighted by Crippen LogP contribution is 2.49. The summed E-state index contributed by atoms with van der Waals surface area (Å²) in [4.78, 5) is 14.1. The molecule has 0 bridgehead atoms. The van der Waals surface area contributed by atoms with Gasteiger partial charge in [-0.1, -0.05) is 23.7 Å². The van der Waals surface area contributed by atoms with Gasteiger partial charge in [-0.15, -0.1) is 0 Å². The van der Waals surface area contributed by atoms with Crippen molar-refractivity contribution >= 4 is 17.5 Å². The summed E-state index contributed by atoms with van der Waals surface area (Å²) in [5.74, 6) is -0.263. The van der Waals surface area contributed by atoms with Gasteiger partial charge in [0.15, 0.2) is 0 Å². The van der Waals surface area contributed by atoms with Crippen LogP contribution in [0.2, 0.25) is 5.02 Å². The number of benzene rings is 1. The Bertz CT molecular complexity index is 580. The Morgan fingerprint density at radius 2 is 2.09 bits per heavy atom. The minimum absolute atomic E-state index is 0.0440. The average molecular weight is 339 g/mol. The third kappa shape index (κ3) is 3.53. The Hall–Kier alpha value is -1.13. The zero-order valence-corrected chi connectivity index (χ0v) is 14.3. The molecule has 1 heterocycles. The van der Waals surface area contributed by atoms with Crippen molar-refractivity contribution < 1.29 is 9.18 Å². The summed E-state index contributed by atoms with van der Waals surface area (Å²) < 4.78 is 15.0. The molecule has 2 fully saturated rings. The molecule has 1 saturated heterocycles. The van der Waals surface area contributed by atoms with Crippen LogP contribution < -0.4 is 5.32 Å². The fraction of sp³-hybridized carbons (Fsp3) is 0.611. The van der Waals surface area contributed by atoms with Gasteiger partial charge in [0.1, 0.15) is 5.67 Å². The Kier molecular flexibility index (Phi) is 4.93. The summed E-state index contributed by atoms with van der Waals surface area (Å²) in [7, 11) is 0. The monoisotopic (exact) mass is 338 g/mol. The zero-order valence-electron chi connectivity index (χ0n) is 13.6. The van der Waals surface area contributed by atoms with Gasteiger partial charge in [-0.05, 0) is 62.9 Å². The molecule has 0 radical (unpaired) electrons. The Labute approximate surface area is 142 Å². The third-order valence-corrected chi connectivity index (χ3v) is 5.38. The third-order valence-electron chi connectivity index (χ3n) is 5.02. The number of nitrogens with one attached hydrogen (secondary N) is 1. The molecule has 5 heteroatoms. The molecule has 1 aliphatic carbocycles. The van der Waals surface area contributed by atoms with E-state index in [-0.39, 0.29) is 24.7 Å². The maximum Gasteiger partial charge on any atom is 0.223 e. The number of alkyl halides is 1. The van der Waals surface area contributed by atoms with Crippen molar-refractivity contribution in [2.24, 2.45) is 5.92 Å². The highest BCUT2D eigenvalue weighted by molar-refractivity contribution is 6.31. The second-order valence-electron chi connectivity index (χ2n) is 6.75. The molecule has 1 amide bonds. The lowest BCUT2D eigenvalue weighted by molar-refractivity contribution is -0.134. The molecule has 1 N–H and O–H groups in total. The van der Waals surface area contributed by atoms with Gasteiger partial charge < -0.3 is 5.32 Å². The molecule has 0 unspecified atom stereocenters. The molecule has 126 valence electrons. The first kappa shape index (κ1) is 16.7. The van der Waals surface area contributed by atoms with E-state index in [1.807, 2.05) is 19.1 Å². The number of amides is 1. The molecule has 23 heavy (non-hydrogen) atoms. The number of hydrogen-bond donors (Lipinski definition) is 1. The van der Waals surface area contributed by atoms with E-state index in [2.05, 4.69) is 10.2 Å². The molecular weight excluding hydrogens is 315 g/mol. The lowest BCUT2D eigenvalue weighted by Gasteiger charge is -2.41. The quantitative estimate of drug-likeness (QED) is 0.888. The van der Waals surface area contributed by atoms with Gasteiger partial charge in [0.05, 0.1) is 0 Å². The minimum Gasteiger partial charge on any atom is -0.356 e. The summed E-state index contributed by atoms with van der Waals surface area (Å²) in [5, 5.41) is 3.39. The van der Waals surface area contributed by atoms with Crippen LogP contribution in [0.15, 0.2) is 18.2 Å². The largest absolute Gasteiger partial charge is 0.356 e. The molecule has 1 saturated carbocycles. The van der Waals surface area contributed by atoms with Crippen molar-refractivity contribution in [1.29, 1.82) is 0 Å². The average Bonchev–Trinajstić information content (AvgIpc) is 2.99. The van der Waals surface area contributed by atoms with Crippen LogP contribution in [0.25, 0.3) is 0 Å². The van der Waals surface area contributed by atoms with Gasteiger partial charge in [0.25, 0.3) is 0 Å². The van der Waals surface area contributed by atoms with Crippen LogP contribution in [0.4, 0.5) is 4.39 Å². The van der Waals surface area contributed by atoms with Crippen LogP contribution in [-0.4, -0.2) is 30.4 Å².